The van der Waals surface area contributed by atoms with E-state index in [1.807, 2.05) is 6.92 Å². The van der Waals surface area contributed by atoms with Gasteiger partial charge >= 0.3 is 0 Å². The van der Waals surface area contributed by atoms with Crippen LogP contribution in [0.2, 0.25) is 5.02 Å². The lowest BCUT2D eigenvalue weighted by Crippen LogP contribution is -2.34. The van der Waals surface area contributed by atoms with E-state index < -0.39 is 17.5 Å². The summed E-state index contributed by atoms with van der Waals surface area (Å²) >= 11 is 5.90. The first kappa shape index (κ1) is 15.7. The van der Waals surface area contributed by atoms with Crippen LogP contribution in [-0.4, -0.2) is 31.3 Å². The normalized spacial score (nSPS) is 13.8. The van der Waals surface area contributed by atoms with Gasteiger partial charge in [0.25, 0.3) is 11.7 Å². The van der Waals surface area contributed by atoms with Crippen LogP contribution in [0.3, 0.4) is 0 Å². The number of ketones is 1. The van der Waals surface area contributed by atoms with Gasteiger partial charge in [0.15, 0.2) is 0 Å². The molecule has 1 N–H and O–H groups in total. The fourth-order valence-corrected chi connectivity index (χ4v) is 2.46. The molecule has 112 valence electrons. The summed E-state index contributed by atoms with van der Waals surface area (Å²) in [6.45, 7) is 7.30. The largest absolute Gasteiger partial charge is 0.313 e. The summed E-state index contributed by atoms with van der Waals surface area (Å²) in [5.41, 5.74) is 0.585. The first-order valence-corrected chi connectivity index (χ1v) is 7.06. The van der Waals surface area contributed by atoms with E-state index in [0.29, 0.717) is 12.1 Å². The van der Waals surface area contributed by atoms with Crippen molar-refractivity contribution < 1.29 is 14.0 Å². The monoisotopic (exact) mass is 310 g/mol. The Morgan fingerprint density at radius 3 is 2.81 bits per heavy atom. The number of rotatable bonds is 6. The minimum absolute atomic E-state index is 0.0471. The van der Waals surface area contributed by atoms with E-state index in [4.69, 9.17) is 11.6 Å². The summed E-state index contributed by atoms with van der Waals surface area (Å²) in [5, 5.41) is 3.23. The number of nitrogens with one attached hydrogen (secondary N) is 1. The standard InChI is InChI=1S/C15H16ClFN2O2/c1-3-6-18-7-9(2)8-19-13-11(17)5-4-10(16)12(13)14(20)15(19)21/h4-5,18H,2-3,6-8H2,1H3. The molecule has 0 fully saturated rings. The molecule has 0 spiro atoms. The second-order valence-electron chi connectivity index (χ2n) is 4.90. The maximum Gasteiger partial charge on any atom is 0.299 e. The minimum atomic E-state index is -0.774. The lowest BCUT2D eigenvalue weighted by Gasteiger charge is -2.19. The van der Waals surface area contributed by atoms with Crippen LogP contribution in [0.25, 0.3) is 0 Å². The molecular weight excluding hydrogens is 295 g/mol. The third-order valence-electron chi connectivity index (χ3n) is 3.20. The predicted molar refractivity (Wildman–Crippen MR) is 80.4 cm³/mol. The number of nitrogens with zero attached hydrogens (tertiary/aromatic N) is 1. The second kappa shape index (κ2) is 6.37. The number of carbonyl (C=O) groups excluding carboxylic acids is 2. The summed E-state index contributed by atoms with van der Waals surface area (Å²) < 4.78 is 14.0. The van der Waals surface area contributed by atoms with E-state index in [0.717, 1.165) is 23.9 Å². The fourth-order valence-electron chi connectivity index (χ4n) is 2.22. The second-order valence-corrected chi connectivity index (χ2v) is 5.31. The van der Waals surface area contributed by atoms with Gasteiger partial charge in [-0.15, -0.1) is 0 Å². The van der Waals surface area contributed by atoms with Crippen LogP contribution in [0.5, 0.6) is 0 Å². The average molecular weight is 311 g/mol. The Balaban J connectivity index is 2.23. The maximum absolute atomic E-state index is 14.0. The molecule has 1 heterocycles. The molecule has 0 radical (unpaired) electrons. The molecule has 0 unspecified atom stereocenters. The molecular formula is C15H16ClFN2O2. The van der Waals surface area contributed by atoms with E-state index in [-0.39, 0.29) is 22.8 Å². The first-order chi connectivity index (χ1) is 9.97. The molecule has 0 atom stereocenters. The van der Waals surface area contributed by atoms with Crippen LogP contribution in [0.15, 0.2) is 24.3 Å². The van der Waals surface area contributed by atoms with E-state index in [1.54, 1.807) is 0 Å². The number of anilines is 1. The third-order valence-corrected chi connectivity index (χ3v) is 3.51. The molecule has 4 nitrogen and oxygen atoms in total. The number of amides is 1. The van der Waals surface area contributed by atoms with Gasteiger partial charge in [0.2, 0.25) is 0 Å². The van der Waals surface area contributed by atoms with Crippen molar-refractivity contribution >= 4 is 29.0 Å². The average Bonchev–Trinajstić information content (AvgIpc) is 2.69. The van der Waals surface area contributed by atoms with E-state index in [1.165, 1.54) is 6.07 Å². The van der Waals surface area contributed by atoms with Crippen LogP contribution in [0.4, 0.5) is 10.1 Å². The highest BCUT2D eigenvalue weighted by molar-refractivity contribution is 6.55. The topological polar surface area (TPSA) is 49.4 Å². The zero-order valence-corrected chi connectivity index (χ0v) is 12.5. The van der Waals surface area contributed by atoms with Crippen LogP contribution >= 0.6 is 11.6 Å². The Labute approximate surface area is 127 Å². The van der Waals surface area contributed by atoms with Crippen LogP contribution in [0, 0.1) is 5.82 Å². The van der Waals surface area contributed by atoms with E-state index >= 15 is 0 Å². The summed E-state index contributed by atoms with van der Waals surface area (Å²) in [6, 6.07) is 2.43. The smallest absolute Gasteiger partial charge is 0.299 e. The summed E-state index contributed by atoms with van der Waals surface area (Å²) in [6.07, 6.45) is 0.974. The quantitative estimate of drug-likeness (QED) is 0.499. The molecule has 1 aliphatic rings. The third kappa shape index (κ3) is 2.99. The number of hydrogen-bond donors (Lipinski definition) is 1. The summed E-state index contributed by atoms with van der Waals surface area (Å²) in [5.74, 6) is -2.18. The zero-order valence-electron chi connectivity index (χ0n) is 11.7. The highest BCUT2D eigenvalue weighted by Crippen LogP contribution is 2.36. The van der Waals surface area contributed by atoms with Crippen molar-refractivity contribution in [3.63, 3.8) is 0 Å². The van der Waals surface area contributed by atoms with Crippen molar-refractivity contribution in [3.8, 4) is 0 Å². The molecule has 2 rings (SSSR count). The number of halogens is 2. The van der Waals surface area contributed by atoms with Crippen molar-refractivity contribution in [2.45, 2.75) is 13.3 Å². The van der Waals surface area contributed by atoms with Gasteiger partial charge in [0.05, 0.1) is 16.3 Å². The van der Waals surface area contributed by atoms with Crippen molar-refractivity contribution in [1.29, 1.82) is 0 Å². The highest BCUT2D eigenvalue weighted by Gasteiger charge is 2.39. The van der Waals surface area contributed by atoms with Gasteiger partial charge in [-0.3, -0.25) is 14.5 Å². The van der Waals surface area contributed by atoms with E-state index in [9.17, 15) is 14.0 Å². The van der Waals surface area contributed by atoms with Gasteiger partial charge in [-0.2, -0.15) is 0 Å². The Bertz CT molecular complexity index is 616. The van der Waals surface area contributed by atoms with Crippen molar-refractivity contribution in [3.05, 3.63) is 40.7 Å². The number of carbonyl (C=O) groups is 2. The van der Waals surface area contributed by atoms with Gasteiger partial charge in [0.1, 0.15) is 5.82 Å². The minimum Gasteiger partial charge on any atom is -0.313 e. The fraction of sp³-hybridized carbons (Fsp3) is 0.333. The maximum atomic E-state index is 14.0. The van der Waals surface area contributed by atoms with Gasteiger partial charge in [-0.05, 0) is 30.7 Å². The lowest BCUT2D eigenvalue weighted by atomic mass is 10.1. The number of hydrogen-bond acceptors (Lipinski definition) is 3. The van der Waals surface area contributed by atoms with Gasteiger partial charge in [-0.25, -0.2) is 4.39 Å². The summed E-state index contributed by atoms with van der Waals surface area (Å²) in [7, 11) is 0. The molecule has 6 heteroatoms. The van der Waals surface area contributed by atoms with Crippen LogP contribution in [-0.2, 0) is 4.79 Å². The van der Waals surface area contributed by atoms with Crippen molar-refractivity contribution in [2.24, 2.45) is 0 Å². The molecule has 21 heavy (non-hydrogen) atoms. The molecule has 0 saturated heterocycles. The van der Waals surface area contributed by atoms with Crippen molar-refractivity contribution in [1.82, 2.24) is 5.32 Å². The Morgan fingerprint density at radius 1 is 1.43 bits per heavy atom. The molecule has 1 aromatic rings. The molecule has 1 aromatic carbocycles. The van der Waals surface area contributed by atoms with Gasteiger partial charge < -0.3 is 5.32 Å². The lowest BCUT2D eigenvalue weighted by molar-refractivity contribution is -0.114. The molecule has 1 aliphatic heterocycles. The van der Waals surface area contributed by atoms with Crippen LogP contribution < -0.4 is 10.2 Å². The highest BCUT2D eigenvalue weighted by atomic mass is 35.5. The molecule has 0 aliphatic carbocycles. The van der Waals surface area contributed by atoms with Gasteiger partial charge in [-0.1, -0.05) is 25.1 Å². The zero-order chi connectivity index (χ0) is 15.6. The number of fused-ring (bicyclic) bond motifs is 1. The Morgan fingerprint density at radius 2 is 2.14 bits per heavy atom. The molecule has 0 bridgehead atoms. The van der Waals surface area contributed by atoms with Crippen molar-refractivity contribution in [2.75, 3.05) is 24.5 Å². The Kier molecular flexibility index (Phi) is 4.75. The molecule has 1 amide bonds. The van der Waals surface area contributed by atoms with Crippen LogP contribution in [0.1, 0.15) is 23.7 Å². The first-order valence-electron chi connectivity index (χ1n) is 6.69. The number of Topliss-reactive ketones (excluding diaryl/α,β-unsaturated/α-hetero) is 1. The number of benzene rings is 1. The Hall–Kier alpha value is -1.72. The summed E-state index contributed by atoms with van der Waals surface area (Å²) in [4.78, 5) is 25.1. The van der Waals surface area contributed by atoms with Gasteiger partial charge in [0, 0.05) is 13.1 Å². The SMILES string of the molecule is C=C(CNCCC)CN1C(=O)C(=O)c2c(Cl)ccc(F)c21. The molecule has 0 saturated carbocycles. The predicted octanol–water partition coefficient (Wildman–Crippen LogP) is 2.56. The van der Waals surface area contributed by atoms with E-state index in [2.05, 4.69) is 11.9 Å². The molecule has 0 aromatic heterocycles.